The Morgan fingerprint density at radius 1 is 0.913 bits per heavy atom. The summed E-state index contributed by atoms with van der Waals surface area (Å²) in [6, 6.07) is 0. The lowest BCUT2D eigenvalue weighted by atomic mass is 9.69. The molecule has 3 fully saturated rings. The summed E-state index contributed by atoms with van der Waals surface area (Å²) < 4.78 is 10.3. The van der Waals surface area contributed by atoms with Gasteiger partial charge in [-0.3, -0.25) is 0 Å². The monoisotopic (exact) mass is 331 g/mol. The fraction of sp³-hybridized carbons (Fsp3) is 1.00. The third-order valence-electron chi connectivity index (χ3n) is 6.25. The fourth-order valence-electron chi connectivity index (χ4n) is 5.01. The van der Waals surface area contributed by atoms with Gasteiger partial charge in [0.2, 0.25) is 0 Å². The van der Waals surface area contributed by atoms with E-state index in [0.29, 0.717) is 31.6 Å². The fourth-order valence-corrected chi connectivity index (χ4v) is 5.01. The molecule has 0 radical (unpaired) electrons. The molecule has 6 heteroatoms. The second kappa shape index (κ2) is 6.94. The number of aliphatic hydroxyl groups excluding tert-OH is 4. The largest absolute Gasteiger partial charge is 0.428 e. The van der Waals surface area contributed by atoms with Gasteiger partial charge in [-0.15, -0.1) is 0 Å². The van der Waals surface area contributed by atoms with E-state index in [1.807, 2.05) is 0 Å². The van der Waals surface area contributed by atoms with E-state index in [0.717, 1.165) is 6.42 Å². The summed E-state index contributed by atoms with van der Waals surface area (Å²) in [6.45, 7) is 2.15. The molecular formula is C17H31O6+. The van der Waals surface area contributed by atoms with Crippen molar-refractivity contribution >= 4 is 0 Å². The number of rotatable bonds is 2. The van der Waals surface area contributed by atoms with E-state index in [-0.39, 0.29) is 30.1 Å². The highest BCUT2D eigenvalue weighted by molar-refractivity contribution is 4.97. The maximum atomic E-state index is 10.2. The van der Waals surface area contributed by atoms with Crippen LogP contribution in [0.1, 0.15) is 39.0 Å². The van der Waals surface area contributed by atoms with Gasteiger partial charge in [0, 0.05) is 31.8 Å². The van der Waals surface area contributed by atoms with E-state index in [9.17, 15) is 20.4 Å². The molecule has 3 aliphatic rings. The first-order valence-corrected chi connectivity index (χ1v) is 8.85. The Kier molecular flexibility index (Phi) is 5.30. The van der Waals surface area contributed by atoms with Crippen LogP contribution in [0.15, 0.2) is 0 Å². The summed E-state index contributed by atoms with van der Waals surface area (Å²) in [5.41, 5.74) is 0. The maximum absolute atomic E-state index is 10.2. The lowest BCUT2D eigenvalue weighted by Crippen LogP contribution is -2.57. The van der Waals surface area contributed by atoms with Gasteiger partial charge < -0.3 is 29.9 Å². The average Bonchev–Trinajstić information content (AvgIpc) is 2.50. The smallest absolute Gasteiger partial charge is 0.162 e. The summed E-state index contributed by atoms with van der Waals surface area (Å²) in [5.74, 6) is 0.638. The van der Waals surface area contributed by atoms with Gasteiger partial charge in [-0.1, -0.05) is 6.92 Å². The summed E-state index contributed by atoms with van der Waals surface area (Å²) in [6.07, 6.45) is 0.375. The van der Waals surface area contributed by atoms with Gasteiger partial charge >= 0.3 is 0 Å². The van der Waals surface area contributed by atoms with Crippen LogP contribution in [0.4, 0.5) is 0 Å². The number of fused-ring (bicyclic) bond motifs is 1. The van der Waals surface area contributed by atoms with E-state index in [4.69, 9.17) is 9.47 Å². The van der Waals surface area contributed by atoms with E-state index in [1.54, 1.807) is 7.11 Å². The highest BCUT2D eigenvalue weighted by Crippen LogP contribution is 2.42. The topological polar surface area (TPSA) is 103 Å². The molecule has 3 rings (SSSR count). The number of aliphatic hydroxyl groups is 6. The molecule has 2 aliphatic carbocycles. The minimum Gasteiger partial charge on any atom is -0.428 e. The predicted octanol–water partition coefficient (Wildman–Crippen LogP) is -0.430. The van der Waals surface area contributed by atoms with Crippen molar-refractivity contribution in [2.45, 2.75) is 81.8 Å². The third kappa shape index (κ3) is 3.43. The number of hydrogen-bond acceptors (Lipinski definition) is 5. The molecule has 0 aromatic heterocycles. The number of methoxy groups -OCH3 is 1. The molecule has 5 N–H and O–H groups in total. The van der Waals surface area contributed by atoms with Crippen molar-refractivity contribution in [3.63, 3.8) is 0 Å². The highest BCUT2D eigenvalue weighted by atomic mass is 16.5. The lowest BCUT2D eigenvalue weighted by Gasteiger charge is -2.47. The van der Waals surface area contributed by atoms with Crippen molar-refractivity contribution in [3.8, 4) is 0 Å². The number of ether oxygens (including phenoxy) is 2. The lowest BCUT2D eigenvalue weighted by molar-refractivity contribution is -0.287. The van der Waals surface area contributed by atoms with Gasteiger partial charge in [0.15, 0.2) is 12.2 Å². The van der Waals surface area contributed by atoms with Crippen LogP contribution in [0.5, 0.6) is 0 Å². The third-order valence-corrected chi connectivity index (χ3v) is 6.25. The highest BCUT2D eigenvalue weighted by Gasteiger charge is 2.51. The molecule has 10 atom stereocenters. The molecule has 23 heavy (non-hydrogen) atoms. The predicted molar refractivity (Wildman–Crippen MR) is 83.8 cm³/mol. The Labute approximate surface area is 137 Å². The van der Waals surface area contributed by atoms with E-state index >= 15 is 0 Å². The first kappa shape index (κ1) is 17.6. The summed E-state index contributed by atoms with van der Waals surface area (Å²) in [4.78, 5) is 0. The molecule has 2 saturated carbocycles. The summed E-state index contributed by atoms with van der Waals surface area (Å²) in [5, 5.41) is 40.3. The van der Waals surface area contributed by atoms with Crippen LogP contribution >= 0.6 is 0 Å². The Morgan fingerprint density at radius 3 is 2.35 bits per heavy atom. The molecule has 0 aromatic carbocycles. The van der Waals surface area contributed by atoms with Crippen LogP contribution in [0.25, 0.3) is 0 Å². The second-order valence-electron chi connectivity index (χ2n) is 7.84. The SMILES string of the molecule is COC1CC(C2[OH+]C3CC(O)CC(O)C3CC2C)CC(O)C1O. The molecule has 6 nitrogen and oxygen atoms in total. The molecule has 0 aromatic rings. The van der Waals surface area contributed by atoms with Crippen molar-refractivity contribution in [3.05, 3.63) is 0 Å². The van der Waals surface area contributed by atoms with Crippen LogP contribution in [-0.4, -0.2) is 75.0 Å². The quantitative estimate of drug-likeness (QED) is 0.514. The molecular weight excluding hydrogens is 300 g/mol. The van der Waals surface area contributed by atoms with E-state index in [1.165, 1.54) is 0 Å². The van der Waals surface area contributed by atoms with Gasteiger partial charge in [-0.25, -0.2) is 0 Å². The van der Waals surface area contributed by atoms with Crippen molar-refractivity contribution in [2.24, 2.45) is 17.8 Å². The van der Waals surface area contributed by atoms with Crippen molar-refractivity contribution in [1.29, 1.82) is 0 Å². The minimum absolute atomic E-state index is 0.0000576. The Hall–Kier alpha value is -0.240. The molecule has 134 valence electrons. The van der Waals surface area contributed by atoms with Gasteiger partial charge in [-0.2, -0.15) is 0 Å². The van der Waals surface area contributed by atoms with Crippen LogP contribution in [0.2, 0.25) is 0 Å². The van der Waals surface area contributed by atoms with Crippen molar-refractivity contribution in [2.75, 3.05) is 7.11 Å². The van der Waals surface area contributed by atoms with E-state index in [2.05, 4.69) is 6.92 Å². The van der Waals surface area contributed by atoms with Crippen molar-refractivity contribution < 1.29 is 29.9 Å². The molecule has 0 spiro atoms. The zero-order chi connectivity index (χ0) is 16.7. The number of hydrogen-bond donors (Lipinski definition) is 4. The van der Waals surface area contributed by atoms with Gasteiger partial charge in [0.05, 0.1) is 30.3 Å². The molecule has 10 unspecified atom stereocenters. The van der Waals surface area contributed by atoms with Gasteiger partial charge in [-0.05, 0) is 19.3 Å². The standard InChI is InChI=1S/C17H30O6/c1-8-3-11-12(19)6-10(18)7-14(11)23-17(8)9-4-13(20)16(21)15(5-9)22-2/h8-21H,3-7H2,1-2H3/p+1. The second-order valence-corrected chi connectivity index (χ2v) is 7.84. The summed E-state index contributed by atoms with van der Waals surface area (Å²) >= 11 is 0. The molecule has 1 saturated heterocycles. The Morgan fingerprint density at radius 2 is 1.65 bits per heavy atom. The first-order valence-electron chi connectivity index (χ1n) is 8.85. The Balaban J connectivity index is 1.70. The van der Waals surface area contributed by atoms with Gasteiger partial charge in [0.25, 0.3) is 0 Å². The van der Waals surface area contributed by atoms with Crippen LogP contribution in [0.3, 0.4) is 0 Å². The normalized spacial score (nSPS) is 54.5. The van der Waals surface area contributed by atoms with E-state index < -0.39 is 24.4 Å². The van der Waals surface area contributed by atoms with Crippen LogP contribution < -0.4 is 0 Å². The van der Waals surface area contributed by atoms with Crippen LogP contribution in [-0.2, 0) is 4.74 Å². The average molecular weight is 331 g/mol. The minimum atomic E-state index is -0.832. The Bertz CT molecular complexity index is 405. The molecule has 0 amide bonds. The molecule has 0 bridgehead atoms. The zero-order valence-electron chi connectivity index (χ0n) is 14.0. The van der Waals surface area contributed by atoms with Gasteiger partial charge in [0.1, 0.15) is 6.10 Å². The molecule has 1 heterocycles. The maximum Gasteiger partial charge on any atom is 0.162 e. The van der Waals surface area contributed by atoms with Crippen LogP contribution in [0, 0.1) is 17.8 Å². The summed E-state index contributed by atoms with van der Waals surface area (Å²) in [7, 11) is 1.56. The molecule has 1 aliphatic heterocycles. The van der Waals surface area contributed by atoms with Crippen molar-refractivity contribution in [1.82, 2.24) is 0 Å². The zero-order valence-corrected chi connectivity index (χ0v) is 14.0. The first-order chi connectivity index (χ1) is 10.9.